The Morgan fingerprint density at radius 2 is 1.77 bits per heavy atom. The predicted octanol–water partition coefficient (Wildman–Crippen LogP) is 4.15. The molecule has 6 rings (SSSR count). The summed E-state index contributed by atoms with van der Waals surface area (Å²) in [5.41, 5.74) is 3.13. The summed E-state index contributed by atoms with van der Waals surface area (Å²) >= 11 is 0. The molecule has 1 atom stereocenters. The van der Waals surface area contributed by atoms with Crippen LogP contribution in [0.1, 0.15) is 57.9 Å². The number of aliphatic imine (C=N–C) groups is 1. The largest absolute Gasteiger partial charge is 0.508 e. The van der Waals surface area contributed by atoms with E-state index in [1.165, 1.54) is 38.5 Å². The fraction of sp³-hybridized carbons (Fsp3) is 0.636. The minimum atomic E-state index is -0.354. The molecule has 1 heterocycles. The Morgan fingerprint density at radius 3 is 2.35 bits per heavy atom. The molecule has 0 aromatic heterocycles. The van der Waals surface area contributed by atoms with Gasteiger partial charge in [0.25, 0.3) is 5.91 Å². The molecule has 1 aliphatic heterocycles. The molecule has 0 spiro atoms. The average molecular weight is 352 g/mol. The van der Waals surface area contributed by atoms with E-state index in [0.29, 0.717) is 6.54 Å². The zero-order valence-corrected chi connectivity index (χ0v) is 15.7. The molecule has 4 heteroatoms. The molecule has 1 N–H and O–H groups in total. The van der Waals surface area contributed by atoms with E-state index in [-0.39, 0.29) is 23.1 Å². The number of benzene rings is 1. The van der Waals surface area contributed by atoms with Crippen molar-refractivity contribution in [3.63, 3.8) is 0 Å². The van der Waals surface area contributed by atoms with Crippen molar-refractivity contribution in [2.45, 2.75) is 58.4 Å². The molecule has 0 saturated heterocycles. The Hall–Kier alpha value is -1.84. The van der Waals surface area contributed by atoms with Crippen LogP contribution in [0.5, 0.6) is 5.75 Å². The first-order valence-electron chi connectivity index (χ1n) is 10.2. The Bertz CT molecular complexity index is 762. The second-order valence-electron chi connectivity index (χ2n) is 9.14. The Morgan fingerprint density at radius 1 is 1.15 bits per heavy atom. The van der Waals surface area contributed by atoms with Gasteiger partial charge in [-0.05, 0) is 88.3 Å². The van der Waals surface area contributed by atoms with Crippen LogP contribution in [0.2, 0.25) is 0 Å². The van der Waals surface area contributed by atoms with Gasteiger partial charge in [-0.1, -0.05) is 0 Å². The highest BCUT2D eigenvalue weighted by molar-refractivity contribution is 6.15. The molecule has 1 aromatic carbocycles. The van der Waals surface area contributed by atoms with Crippen LogP contribution in [-0.4, -0.2) is 29.3 Å². The number of likely N-dealkylation sites (N-methyl/N-ethyl adjacent to an activating group) is 1. The maximum absolute atomic E-state index is 13.0. The van der Waals surface area contributed by atoms with Crippen molar-refractivity contribution in [2.24, 2.45) is 28.2 Å². The molecule has 4 fully saturated rings. The van der Waals surface area contributed by atoms with Gasteiger partial charge in [0.1, 0.15) is 11.8 Å². The SMILES string of the molecule is CCN1C(=O)[C@H](C)N=C(C23CC4CC(CC(C4)C2)C3)c2cc(O)ccc21. The standard InChI is InChI=1S/C22H28N2O2/c1-3-24-19-5-4-17(25)9-18(19)20(23-13(2)21(24)26)22-10-14-6-15(11-22)8-16(7-14)12-22/h4-5,9,13-16,25H,3,6-8,10-12H2,1-2H3/t13-,14?,15?,16?,22?/m0/s1. The highest BCUT2D eigenvalue weighted by atomic mass is 16.3. The van der Waals surface area contributed by atoms with Crippen LogP contribution < -0.4 is 4.90 Å². The number of hydrogen-bond donors (Lipinski definition) is 1. The topological polar surface area (TPSA) is 52.9 Å². The Balaban J connectivity index is 1.69. The van der Waals surface area contributed by atoms with E-state index in [9.17, 15) is 9.90 Å². The summed E-state index contributed by atoms with van der Waals surface area (Å²) in [7, 11) is 0. The zero-order valence-electron chi connectivity index (χ0n) is 15.7. The van der Waals surface area contributed by atoms with Crippen LogP contribution in [0.15, 0.2) is 23.2 Å². The fourth-order valence-electron chi connectivity index (χ4n) is 6.76. The lowest BCUT2D eigenvalue weighted by Crippen LogP contribution is -2.50. The monoisotopic (exact) mass is 352 g/mol. The van der Waals surface area contributed by atoms with Crippen molar-refractivity contribution < 1.29 is 9.90 Å². The van der Waals surface area contributed by atoms with Crippen LogP contribution >= 0.6 is 0 Å². The van der Waals surface area contributed by atoms with Gasteiger partial charge < -0.3 is 10.0 Å². The number of hydrogen-bond acceptors (Lipinski definition) is 3. The average Bonchev–Trinajstić information content (AvgIpc) is 2.69. The molecule has 138 valence electrons. The van der Waals surface area contributed by atoms with E-state index >= 15 is 0 Å². The van der Waals surface area contributed by atoms with Gasteiger partial charge in [-0.15, -0.1) is 0 Å². The van der Waals surface area contributed by atoms with Crippen LogP contribution in [0.4, 0.5) is 5.69 Å². The molecule has 4 nitrogen and oxygen atoms in total. The molecular weight excluding hydrogens is 324 g/mol. The van der Waals surface area contributed by atoms with Crippen molar-refractivity contribution in [3.8, 4) is 5.75 Å². The van der Waals surface area contributed by atoms with Crippen molar-refractivity contribution in [1.29, 1.82) is 0 Å². The minimum absolute atomic E-state index is 0.0687. The second kappa shape index (κ2) is 5.58. The molecule has 4 saturated carbocycles. The van der Waals surface area contributed by atoms with Crippen molar-refractivity contribution in [2.75, 3.05) is 11.4 Å². The molecular formula is C22H28N2O2. The summed E-state index contributed by atoms with van der Waals surface area (Å²) in [5, 5.41) is 10.2. The number of rotatable bonds is 2. The van der Waals surface area contributed by atoms with Crippen molar-refractivity contribution >= 4 is 17.3 Å². The number of carbonyl (C=O) groups is 1. The van der Waals surface area contributed by atoms with E-state index in [0.717, 1.165) is 34.7 Å². The summed E-state index contributed by atoms with van der Waals surface area (Å²) in [4.78, 5) is 19.8. The number of anilines is 1. The number of phenols is 1. The summed E-state index contributed by atoms with van der Waals surface area (Å²) in [6.45, 7) is 4.57. The van der Waals surface area contributed by atoms with E-state index in [2.05, 4.69) is 0 Å². The second-order valence-corrected chi connectivity index (χ2v) is 9.14. The highest BCUT2D eigenvalue weighted by Crippen LogP contribution is 2.61. The molecule has 4 aliphatic carbocycles. The quantitative estimate of drug-likeness (QED) is 0.869. The summed E-state index contributed by atoms with van der Waals surface area (Å²) < 4.78 is 0. The van der Waals surface area contributed by atoms with Crippen LogP contribution in [0.25, 0.3) is 0 Å². The number of phenolic OH excluding ortho intramolecular Hbond substituents is 1. The third-order valence-electron chi connectivity index (χ3n) is 7.33. The smallest absolute Gasteiger partial charge is 0.251 e. The molecule has 4 bridgehead atoms. The normalized spacial score (nSPS) is 38.2. The van der Waals surface area contributed by atoms with Crippen LogP contribution in [0.3, 0.4) is 0 Å². The number of fused-ring (bicyclic) bond motifs is 1. The molecule has 0 radical (unpaired) electrons. The van der Waals surface area contributed by atoms with Gasteiger partial charge in [-0.3, -0.25) is 9.79 Å². The predicted molar refractivity (Wildman–Crippen MR) is 103 cm³/mol. The van der Waals surface area contributed by atoms with E-state index in [1.54, 1.807) is 6.07 Å². The third kappa shape index (κ3) is 2.27. The van der Waals surface area contributed by atoms with Crippen molar-refractivity contribution in [1.82, 2.24) is 0 Å². The van der Waals surface area contributed by atoms with E-state index in [4.69, 9.17) is 4.99 Å². The molecule has 0 unspecified atom stereocenters. The van der Waals surface area contributed by atoms with Crippen LogP contribution in [-0.2, 0) is 4.79 Å². The first-order valence-corrected chi connectivity index (χ1v) is 10.2. The minimum Gasteiger partial charge on any atom is -0.508 e. The lowest BCUT2D eigenvalue weighted by Gasteiger charge is -2.57. The number of nitrogens with zero attached hydrogens (tertiary/aromatic N) is 2. The van der Waals surface area contributed by atoms with Gasteiger partial charge in [0, 0.05) is 17.5 Å². The maximum atomic E-state index is 13.0. The van der Waals surface area contributed by atoms with Crippen LogP contribution in [0, 0.1) is 23.2 Å². The zero-order chi connectivity index (χ0) is 18.1. The highest BCUT2D eigenvalue weighted by Gasteiger charge is 2.54. The fourth-order valence-corrected chi connectivity index (χ4v) is 6.76. The molecule has 1 aromatic rings. The van der Waals surface area contributed by atoms with Gasteiger partial charge in [-0.2, -0.15) is 0 Å². The van der Waals surface area contributed by atoms with Gasteiger partial charge in [0.15, 0.2) is 0 Å². The molecule has 26 heavy (non-hydrogen) atoms. The van der Waals surface area contributed by atoms with Gasteiger partial charge in [-0.25, -0.2) is 0 Å². The first kappa shape index (κ1) is 16.3. The number of benzodiazepines with no additional fused rings is 1. The molecule has 1 amide bonds. The van der Waals surface area contributed by atoms with Gasteiger partial charge in [0.05, 0.1) is 11.4 Å². The van der Waals surface area contributed by atoms with E-state index in [1.807, 2.05) is 30.9 Å². The third-order valence-corrected chi connectivity index (χ3v) is 7.33. The van der Waals surface area contributed by atoms with Gasteiger partial charge in [0.2, 0.25) is 0 Å². The Labute approximate surface area is 155 Å². The number of carbonyl (C=O) groups excluding carboxylic acids is 1. The number of aromatic hydroxyl groups is 1. The van der Waals surface area contributed by atoms with E-state index < -0.39 is 0 Å². The first-order chi connectivity index (χ1) is 12.5. The lowest BCUT2D eigenvalue weighted by molar-refractivity contribution is -0.119. The summed E-state index contributed by atoms with van der Waals surface area (Å²) in [5.74, 6) is 2.79. The summed E-state index contributed by atoms with van der Waals surface area (Å²) in [6.07, 6.45) is 7.78. The Kier molecular flexibility index (Phi) is 3.51. The van der Waals surface area contributed by atoms with Gasteiger partial charge >= 0.3 is 0 Å². The lowest BCUT2D eigenvalue weighted by atomic mass is 9.48. The van der Waals surface area contributed by atoms with Crippen molar-refractivity contribution in [3.05, 3.63) is 23.8 Å². The number of amides is 1. The summed E-state index contributed by atoms with van der Waals surface area (Å²) in [6, 6.07) is 5.09. The molecule has 5 aliphatic rings. The maximum Gasteiger partial charge on any atom is 0.251 e.